The summed E-state index contributed by atoms with van der Waals surface area (Å²) in [6, 6.07) is 15.2. The molecule has 1 aliphatic heterocycles. The molecule has 5 heteroatoms. The third kappa shape index (κ3) is 4.23. The lowest BCUT2D eigenvalue weighted by molar-refractivity contribution is -0.117. The van der Waals surface area contributed by atoms with E-state index in [1.165, 1.54) is 0 Å². The van der Waals surface area contributed by atoms with E-state index in [4.69, 9.17) is 4.74 Å². The second-order valence-electron chi connectivity index (χ2n) is 6.37. The van der Waals surface area contributed by atoms with Crippen molar-refractivity contribution in [2.24, 2.45) is 0 Å². The Kier molecular flexibility index (Phi) is 5.89. The zero-order valence-corrected chi connectivity index (χ0v) is 15.0. The van der Waals surface area contributed by atoms with E-state index < -0.39 is 0 Å². The Labute approximate surface area is 154 Å². The van der Waals surface area contributed by atoms with E-state index in [-0.39, 0.29) is 11.8 Å². The van der Waals surface area contributed by atoms with Crippen LogP contribution in [0.2, 0.25) is 0 Å². The number of nitrogens with zero attached hydrogens (tertiary/aromatic N) is 1. The quantitative estimate of drug-likeness (QED) is 0.779. The van der Waals surface area contributed by atoms with Crippen molar-refractivity contribution in [3.05, 3.63) is 59.7 Å². The molecule has 3 rings (SSSR count). The number of amides is 2. The largest absolute Gasteiger partial charge is 0.496 e. The summed E-state index contributed by atoms with van der Waals surface area (Å²) in [5, 5.41) is 2.95. The fraction of sp³-hybridized carbons (Fsp3) is 0.333. The zero-order valence-electron chi connectivity index (χ0n) is 15.0. The third-order valence-electron chi connectivity index (χ3n) is 4.59. The number of ether oxygens (including phenoxy) is 1. The number of benzene rings is 2. The predicted molar refractivity (Wildman–Crippen MR) is 102 cm³/mol. The standard InChI is InChI=1S/C21H24N2O3/c1-26-19-11-3-2-7-16(19)9-5-13-22-21(25)17-8-4-10-18(15-17)23-14-6-12-20(23)24/h2-4,7-8,10-11,15H,5-6,9,12-14H2,1H3,(H,22,25). The lowest BCUT2D eigenvalue weighted by Crippen LogP contribution is -2.26. The lowest BCUT2D eigenvalue weighted by Gasteiger charge is -2.16. The van der Waals surface area contributed by atoms with E-state index in [1.54, 1.807) is 24.1 Å². The molecule has 0 aliphatic carbocycles. The van der Waals surface area contributed by atoms with Crippen LogP contribution in [-0.2, 0) is 11.2 Å². The Hall–Kier alpha value is -2.82. The molecule has 0 spiro atoms. The van der Waals surface area contributed by atoms with Gasteiger partial charge in [0.25, 0.3) is 5.91 Å². The molecule has 1 N–H and O–H groups in total. The van der Waals surface area contributed by atoms with Crippen LogP contribution in [0.15, 0.2) is 48.5 Å². The summed E-state index contributed by atoms with van der Waals surface area (Å²) in [6.07, 6.45) is 3.13. The summed E-state index contributed by atoms with van der Waals surface area (Å²) >= 11 is 0. The van der Waals surface area contributed by atoms with Crippen molar-refractivity contribution in [2.75, 3.05) is 25.1 Å². The highest BCUT2D eigenvalue weighted by Gasteiger charge is 2.22. The van der Waals surface area contributed by atoms with Crippen LogP contribution in [0.3, 0.4) is 0 Å². The highest BCUT2D eigenvalue weighted by Crippen LogP contribution is 2.22. The van der Waals surface area contributed by atoms with Gasteiger partial charge in [0, 0.05) is 30.8 Å². The molecule has 5 nitrogen and oxygen atoms in total. The van der Waals surface area contributed by atoms with Gasteiger partial charge in [0.1, 0.15) is 5.75 Å². The minimum absolute atomic E-state index is 0.112. The van der Waals surface area contributed by atoms with Crippen molar-refractivity contribution in [1.82, 2.24) is 5.32 Å². The normalized spacial score (nSPS) is 13.7. The Morgan fingerprint density at radius 3 is 2.81 bits per heavy atom. The van der Waals surface area contributed by atoms with Crippen LogP contribution in [0, 0.1) is 0 Å². The van der Waals surface area contributed by atoms with Crippen LogP contribution in [0.4, 0.5) is 5.69 Å². The van der Waals surface area contributed by atoms with Gasteiger partial charge < -0.3 is 15.0 Å². The molecule has 0 atom stereocenters. The number of carbonyl (C=O) groups excluding carboxylic acids is 2. The number of methoxy groups -OCH3 is 1. The van der Waals surface area contributed by atoms with E-state index in [1.807, 2.05) is 36.4 Å². The summed E-state index contributed by atoms with van der Waals surface area (Å²) in [6.45, 7) is 1.31. The molecule has 136 valence electrons. The van der Waals surface area contributed by atoms with Crippen LogP contribution in [0.5, 0.6) is 5.75 Å². The highest BCUT2D eigenvalue weighted by molar-refractivity contribution is 5.99. The van der Waals surface area contributed by atoms with Crippen LogP contribution in [-0.4, -0.2) is 32.0 Å². The Morgan fingerprint density at radius 2 is 2.04 bits per heavy atom. The maximum atomic E-state index is 12.4. The van der Waals surface area contributed by atoms with Crippen LogP contribution in [0.25, 0.3) is 0 Å². The fourth-order valence-corrected chi connectivity index (χ4v) is 3.23. The highest BCUT2D eigenvalue weighted by atomic mass is 16.5. The first-order valence-corrected chi connectivity index (χ1v) is 8.99. The van der Waals surface area contributed by atoms with Crippen molar-refractivity contribution in [2.45, 2.75) is 25.7 Å². The molecule has 1 fully saturated rings. The van der Waals surface area contributed by atoms with Crippen molar-refractivity contribution in [3.8, 4) is 5.75 Å². The summed E-state index contributed by atoms with van der Waals surface area (Å²) < 4.78 is 5.34. The van der Waals surface area contributed by atoms with Crippen LogP contribution < -0.4 is 15.0 Å². The molecule has 0 radical (unpaired) electrons. The summed E-state index contributed by atoms with van der Waals surface area (Å²) in [5.74, 6) is 0.889. The summed E-state index contributed by atoms with van der Waals surface area (Å²) in [4.78, 5) is 26.0. The van der Waals surface area contributed by atoms with Crippen molar-refractivity contribution in [1.29, 1.82) is 0 Å². The molecule has 1 heterocycles. The smallest absolute Gasteiger partial charge is 0.251 e. The zero-order chi connectivity index (χ0) is 18.4. The molecule has 0 unspecified atom stereocenters. The maximum absolute atomic E-state index is 12.4. The molecule has 2 aromatic rings. The van der Waals surface area contributed by atoms with Gasteiger partial charge in [0.15, 0.2) is 0 Å². The molecule has 1 aliphatic rings. The Bertz CT molecular complexity index is 788. The molecule has 2 amide bonds. The molecule has 0 bridgehead atoms. The Balaban J connectivity index is 1.53. The average Bonchev–Trinajstić information content (AvgIpc) is 3.11. The maximum Gasteiger partial charge on any atom is 0.251 e. The molecule has 2 aromatic carbocycles. The first kappa shape index (κ1) is 18.0. The van der Waals surface area contributed by atoms with E-state index in [9.17, 15) is 9.59 Å². The molecule has 0 saturated carbocycles. The van der Waals surface area contributed by atoms with Gasteiger partial charge in [-0.15, -0.1) is 0 Å². The molecule has 1 saturated heterocycles. The molecule has 26 heavy (non-hydrogen) atoms. The number of para-hydroxylation sites is 1. The van der Waals surface area contributed by atoms with Gasteiger partial charge in [0.05, 0.1) is 7.11 Å². The van der Waals surface area contributed by atoms with Gasteiger partial charge >= 0.3 is 0 Å². The van der Waals surface area contributed by atoms with Gasteiger partial charge in [-0.2, -0.15) is 0 Å². The Morgan fingerprint density at radius 1 is 1.19 bits per heavy atom. The first-order valence-electron chi connectivity index (χ1n) is 8.99. The monoisotopic (exact) mass is 352 g/mol. The minimum Gasteiger partial charge on any atom is -0.496 e. The topological polar surface area (TPSA) is 58.6 Å². The average molecular weight is 352 g/mol. The van der Waals surface area contributed by atoms with Crippen LogP contribution >= 0.6 is 0 Å². The molecular formula is C21H24N2O3. The molecule has 0 aromatic heterocycles. The van der Waals surface area contributed by atoms with Gasteiger partial charge in [-0.25, -0.2) is 0 Å². The fourth-order valence-electron chi connectivity index (χ4n) is 3.23. The number of carbonyl (C=O) groups is 2. The minimum atomic E-state index is -0.112. The van der Waals surface area contributed by atoms with Crippen molar-refractivity contribution < 1.29 is 14.3 Å². The van der Waals surface area contributed by atoms with Gasteiger partial charge in [-0.3, -0.25) is 9.59 Å². The second kappa shape index (κ2) is 8.52. The van der Waals surface area contributed by atoms with E-state index in [0.29, 0.717) is 18.5 Å². The first-order chi connectivity index (χ1) is 12.7. The van der Waals surface area contributed by atoms with Crippen molar-refractivity contribution in [3.63, 3.8) is 0 Å². The number of hydrogen-bond donors (Lipinski definition) is 1. The number of rotatable bonds is 7. The van der Waals surface area contributed by atoms with Crippen LogP contribution in [0.1, 0.15) is 35.2 Å². The molecular weight excluding hydrogens is 328 g/mol. The second-order valence-corrected chi connectivity index (χ2v) is 6.37. The third-order valence-corrected chi connectivity index (χ3v) is 4.59. The van der Waals surface area contributed by atoms with E-state index >= 15 is 0 Å². The predicted octanol–water partition coefficient (Wildman–Crippen LogP) is 3.18. The van der Waals surface area contributed by atoms with Gasteiger partial charge in [-0.05, 0) is 49.1 Å². The number of nitrogens with one attached hydrogen (secondary N) is 1. The number of anilines is 1. The SMILES string of the molecule is COc1ccccc1CCCNC(=O)c1cccc(N2CCCC2=O)c1. The van der Waals surface area contributed by atoms with Gasteiger partial charge in [-0.1, -0.05) is 24.3 Å². The number of aryl methyl sites for hydroxylation is 1. The van der Waals surface area contributed by atoms with E-state index in [0.717, 1.165) is 42.8 Å². The summed E-state index contributed by atoms with van der Waals surface area (Å²) in [5.41, 5.74) is 2.52. The van der Waals surface area contributed by atoms with Gasteiger partial charge in [0.2, 0.25) is 5.91 Å². The van der Waals surface area contributed by atoms with E-state index in [2.05, 4.69) is 5.32 Å². The lowest BCUT2D eigenvalue weighted by atomic mass is 10.1. The summed E-state index contributed by atoms with van der Waals surface area (Å²) in [7, 11) is 1.67. The van der Waals surface area contributed by atoms with Crippen molar-refractivity contribution >= 4 is 17.5 Å². The number of hydrogen-bond acceptors (Lipinski definition) is 3.